The van der Waals surface area contributed by atoms with Crippen LogP contribution in [0.5, 0.6) is 5.75 Å². The van der Waals surface area contributed by atoms with Gasteiger partial charge in [-0.05, 0) is 50.2 Å². The minimum absolute atomic E-state index is 0.0926. The van der Waals surface area contributed by atoms with E-state index in [2.05, 4.69) is 10.4 Å². The number of ether oxygens (including phenoxy) is 1. The molecule has 1 aromatic heterocycles. The quantitative estimate of drug-likeness (QED) is 0.681. The van der Waals surface area contributed by atoms with Crippen LogP contribution < -0.4 is 15.0 Å². The molecule has 2 amide bonds. The summed E-state index contributed by atoms with van der Waals surface area (Å²) in [6.07, 6.45) is 0.0926. The van der Waals surface area contributed by atoms with Gasteiger partial charge in [0, 0.05) is 36.1 Å². The van der Waals surface area contributed by atoms with Gasteiger partial charge in [0.25, 0.3) is 0 Å². The highest BCUT2D eigenvalue weighted by Gasteiger charge is 2.35. The predicted molar refractivity (Wildman–Crippen MR) is 115 cm³/mol. The summed E-state index contributed by atoms with van der Waals surface area (Å²) in [6.45, 7) is 3.94. The van der Waals surface area contributed by atoms with E-state index in [-0.39, 0.29) is 24.8 Å². The van der Waals surface area contributed by atoms with Gasteiger partial charge in [-0.3, -0.25) is 9.59 Å². The Morgan fingerprint density at radius 3 is 2.68 bits per heavy atom. The number of hydrogen-bond donors (Lipinski definition) is 1. The molecule has 8 heteroatoms. The van der Waals surface area contributed by atoms with Crippen LogP contribution in [0.4, 0.5) is 15.8 Å². The van der Waals surface area contributed by atoms with Crippen molar-refractivity contribution in [2.24, 2.45) is 5.92 Å². The van der Waals surface area contributed by atoms with E-state index in [9.17, 15) is 14.0 Å². The molecule has 3 aromatic rings. The normalized spacial score (nSPS) is 15.9. The highest BCUT2D eigenvalue weighted by Crippen LogP contribution is 2.29. The molecule has 7 nitrogen and oxygen atoms in total. The Balaban J connectivity index is 1.46. The molecule has 2 heterocycles. The van der Waals surface area contributed by atoms with E-state index in [4.69, 9.17) is 4.74 Å². The summed E-state index contributed by atoms with van der Waals surface area (Å²) >= 11 is 0. The fraction of sp³-hybridized carbons (Fsp3) is 0.261. The molecule has 31 heavy (non-hydrogen) atoms. The summed E-state index contributed by atoms with van der Waals surface area (Å²) in [7, 11) is 1.56. The topological polar surface area (TPSA) is 76.5 Å². The summed E-state index contributed by atoms with van der Waals surface area (Å²) in [4.78, 5) is 26.8. The Bertz CT molecular complexity index is 1160. The average Bonchev–Trinajstić information content (AvgIpc) is 3.29. The number of anilines is 2. The zero-order valence-electron chi connectivity index (χ0n) is 17.6. The van der Waals surface area contributed by atoms with Gasteiger partial charge in [0.05, 0.1) is 18.7 Å². The Labute approximate surface area is 179 Å². The molecule has 0 aliphatic carbocycles. The maximum absolute atomic E-state index is 14.7. The lowest BCUT2D eigenvalue weighted by Gasteiger charge is -2.17. The van der Waals surface area contributed by atoms with Crippen LogP contribution in [0.15, 0.2) is 48.5 Å². The van der Waals surface area contributed by atoms with E-state index in [0.717, 1.165) is 11.4 Å². The van der Waals surface area contributed by atoms with Gasteiger partial charge in [-0.1, -0.05) is 6.07 Å². The molecule has 1 saturated heterocycles. The Morgan fingerprint density at radius 1 is 1.19 bits per heavy atom. The number of amides is 2. The Kier molecular flexibility index (Phi) is 5.46. The molecule has 1 atom stereocenters. The van der Waals surface area contributed by atoms with Crippen LogP contribution >= 0.6 is 0 Å². The van der Waals surface area contributed by atoms with E-state index in [1.54, 1.807) is 48.4 Å². The second-order valence-corrected chi connectivity index (χ2v) is 7.60. The summed E-state index contributed by atoms with van der Waals surface area (Å²) in [5, 5.41) is 7.02. The number of nitrogens with zero attached hydrogens (tertiary/aromatic N) is 3. The van der Waals surface area contributed by atoms with Gasteiger partial charge in [0.2, 0.25) is 11.8 Å². The van der Waals surface area contributed by atoms with Crippen molar-refractivity contribution in [3.63, 3.8) is 0 Å². The van der Waals surface area contributed by atoms with E-state index in [1.807, 2.05) is 19.9 Å². The smallest absolute Gasteiger partial charge is 0.229 e. The summed E-state index contributed by atoms with van der Waals surface area (Å²) in [5.41, 5.74) is 2.93. The van der Waals surface area contributed by atoms with Crippen molar-refractivity contribution in [3.8, 4) is 11.4 Å². The molecule has 2 aromatic carbocycles. The lowest BCUT2D eigenvalue weighted by Crippen LogP contribution is -2.28. The maximum atomic E-state index is 14.7. The van der Waals surface area contributed by atoms with Crippen LogP contribution in [0.25, 0.3) is 5.69 Å². The fourth-order valence-electron chi connectivity index (χ4n) is 3.78. The highest BCUT2D eigenvalue weighted by molar-refractivity contribution is 6.03. The van der Waals surface area contributed by atoms with Gasteiger partial charge in [-0.15, -0.1) is 0 Å². The molecular formula is C23H23FN4O3. The lowest BCUT2D eigenvalue weighted by atomic mass is 10.1. The summed E-state index contributed by atoms with van der Waals surface area (Å²) in [5.74, 6) is -0.852. The first kappa shape index (κ1) is 20.6. The third-order valence-electron chi connectivity index (χ3n) is 5.31. The number of hydrogen-bond acceptors (Lipinski definition) is 4. The zero-order valence-corrected chi connectivity index (χ0v) is 17.6. The molecule has 1 aliphatic heterocycles. The molecule has 1 aliphatic rings. The van der Waals surface area contributed by atoms with Crippen molar-refractivity contribution < 1.29 is 18.7 Å². The van der Waals surface area contributed by atoms with Crippen LogP contribution in [0, 0.1) is 25.6 Å². The van der Waals surface area contributed by atoms with Crippen molar-refractivity contribution in [2.45, 2.75) is 20.3 Å². The minimum atomic E-state index is -0.530. The molecule has 160 valence electrons. The van der Waals surface area contributed by atoms with E-state index in [1.165, 1.54) is 10.7 Å². The first-order chi connectivity index (χ1) is 14.9. The molecule has 1 N–H and O–H groups in total. The first-order valence-electron chi connectivity index (χ1n) is 9.94. The van der Waals surface area contributed by atoms with Crippen molar-refractivity contribution >= 4 is 23.2 Å². The lowest BCUT2D eigenvalue weighted by molar-refractivity contribution is -0.122. The molecule has 0 spiro atoms. The number of halogens is 1. The number of methoxy groups -OCH3 is 1. The average molecular weight is 422 g/mol. The van der Waals surface area contributed by atoms with E-state index < -0.39 is 11.7 Å². The van der Waals surface area contributed by atoms with Crippen LogP contribution in [-0.2, 0) is 9.59 Å². The van der Waals surface area contributed by atoms with Crippen molar-refractivity contribution in [1.29, 1.82) is 0 Å². The fourth-order valence-corrected chi connectivity index (χ4v) is 3.78. The standard InChI is InChI=1S/C23H23FN4O3/c1-14-9-15(2)28(26-14)21-8-7-17(11-20(21)24)25-23(30)16-10-22(29)27(13-16)18-5-4-6-19(12-18)31-3/h4-9,11-12,16H,10,13H2,1-3H3,(H,25,30). The zero-order chi connectivity index (χ0) is 22.1. The molecule has 0 radical (unpaired) electrons. The highest BCUT2D eigenvalue weighted by atomic mass is 19.1. The van der Waals surface area contributed by atoms with Crippen molar-refractivity contribution in [2.75, 3.05) is 23.9 Å². The largest absolute Gasteiger partial charge is 0.497 e. The second kappa shape index (κ2) is 8.22. The molecular weight excluding hydrogens is 399 g/mol. The Morgan fingerprint density at radius 2 is 2.00 bits per heavy atom. The van der Waals surface area contributed by atoms with Crippen LogP contribution in [0.3, 0.4) is 0 Å². The van der Waals surface area contributed by atoms with Crippen LogP contribution in [0.2, 0.25) is 0 Å². The van der Waals surface area contributed by atoms with Crippen molar-refractivity contribution in [3.05, 3.63) is 65.7 Å². The monoisotopic (exact) mass is 422 g/mol. The van der Waals surface area contributed by atoms with Crippen LogP contribution in [0.1, 0.15) is 17.8 Å². The number of nitrogens with one attached hydrogen (secondary N) is 1. The third-order valence-corrected chi connectivity index (χ3v) is 5.31. The van der Waals surface area contributed by atoms with Gasteiger partial charge in [0.15, 0.2) is 5.82 Å². The summed E-state index contributed by atoms with van der Waals surface area (Å²) < 4.78 is 21.4. The molecule has 0 bridgehead atoms. The molecule has 1 unspecified atom stereocenters. The maximum Gasteiger partial charge on any atom is 0.229 e. The SMILES string of the molecule is COc1cccc(N2CC(C(=O)Nc3ccc(-n4nc(C)cc4C)c(F)c3)CC2=O)c1. The van der Waals surface area contributed by atoms with E-state index in [0.29, 0.717) is 22.8 Å². The van der Waals surface area contributed by atoms with E-state index >= 15 is 0 Å². The molecule has 1 fully saturated rings. The summed E-state index contributed by atoms with van der Waals surface area (Å²) in [6, 6.07) is 13.5. The number of benzene rings is 2. The number of rotatable bonds is 5. The predicted octanol–water partition coefficient (Wildman–Crippen LogP) is 3.63. The number of aromatic nitrogens is 2. The van der Waals surface area contributed by atoms with Crippen molar-refractivity contribution in [1.82, 2.24) is 9.78 Å². The third kappa shape index (κ3) is 4.14. The first-order valence-corrected chi connectivity index (χ1v) is 9.94. The number of carbonyl (C=O) groups excluding carboxylic acids is 2. The van der Waals surface area contributed by atoms with Gasteiger partial charge in [0.1, 0.15) is 11.4 Å². The van der Waals surface area contributed by atoms with Crippen LogP contribution in [-0.4, -0.2) is 35.2 Å². The molecule has 0 saturated carbocycles. The van der Waals surface area contributed by atoms with Gasteiger partial charge in [-0.2, -0.15) is 5.10 Å². The van der Waals surface area contributed by atoms with Gasteiger partial charge in [-0.25, -0.2) is 9.07 Å². The minimum Gasteiger partial charge on any atom is -0.497 e. The second-order valence-electron chi connectivity index (χ2n) is 7.60. The molecule has 4 rings (SSSR count). The van der Waals surface area contributed by atoms with Gasteiger partial charge >= 0.3 is 0 Å². The Hall–Kier alpha value is -3.68. The van der Waals surface area contributed by atoms with Gasteiger partial charge < -0.3 is 15.0 Å². The number of aryl methyl sites for hydroxylation is 2. The number of carbonyl (C=O) groups is 2.